The molecule has 0 aliphatic carbocycles. The van der Waals surface area contributed by atoms with Gasteiger partial charge in [0.1, 0.15) is 0 Å². The van der Waals surface area contributed by atoms with Crippen LogP contribution in [0.4, 0.5) is 0 Å². The number of aromatic nitrogens is 2. The molecule has 2 aromatic rings. The molecule has 6 heteroatoms. The molecule has 0 saturated carbocycles. The van der Waals surface area contributed by atoms with Crippen molar-refractivity contribution in [2.45, 2.75) is 19.4 Å². The van der Waals surface area contributed by atoms with Crippen LogP contribution < -0.4 is 10.9 Å². The van der Waals surface area contributed by atoms with Gasteiger partial charge in [0.25, 0.3) is 5.56 Å². The third-order valence-corrected chi connectivity index (χ3v) is 4.46. The van der Waals surface area contributed by atoms with Gasteiger partial charge < -0.3 is 10.2 Å². The topological polar surface area (TPSA) is 67.2 Å². The van der Waals surface area contributed by atoms with E-state index in [1.165, 1.54) is 4.68 Å². The Hall–Kier alpha value is -2.21. The summed E-state index contributed by atoms with van der Waals surface area (Å²) in [5, 5.41) is 8.73. The molecule has 6 nitrogen and oxygen atoms in total. The molecule has 3 rings (SSSR count). The Bertz CT molecular complexity index is 784. The maximum atomic E-state index is 12.4. The number of nitrogens with one attached hydrogen (secondary N) is 1. The zero-order valence-corrected chi connectivity index (χ0v) is 13.6. The fraction of sp³-hybridized carbons (Fsp3) is 0.471. The van der Waals surface area contributed by atoms with Crippen LogP contribution >= 0.6 is 0 Å². The van der Waals surface area contributed by atoms with E-state index in [4.69, 9.17) is 0 Å². The summed E-state index contributed by atoms with van der Waals surface area (Å²) >= 11 is 0. The van der Waals surface area contributed by atoms with Crippen LogP contribution in [0.5, 0.6) is 0 Å². The molecule has 1 aromatic carbocycles. The molecule has 23 heavy (non-hydrogen) atoms. The van der Waals surface area contributed by atoms with Crippen LogP contribution in [0.3, 0.4) is 0 Å². The maximum absolute atomic E-state index is 12.4. The Kier molecular flexibility index (Phi) is 4.43. The monoisotopic (exact) mass is 314 g/mol. The molecule has 2 heterocycles. The van der Waals surface area contributed by atoms with Crippen molar-refractivity contribution in [1.29, 1.82) is 0 Å². The largest absolute Gasteiger partial charge is 0.350 e. The quantitative estimate of drug-likeness (QED) is 0.914. The van der Waals surface area contributed by atoms with Crippen LogP contribution in [0.1, 0.15) is 18.5 Å². The van der Waals surface area contributed by atoms with Crippen molar-refractivity contribution in [3.05, 3.63) is 40.3 Å². The molecule has 0 spiro atoms. The number of hydrogen-bond donors (Lipinski definition) is 1. The molecule has 1 aromatic heterocycles. The minimum absolute atomic E-state index is 0.0348. The van der Waals surface area contributed by atoms with E-state index in [2.05, 4.69) is 15.3 Å². The predicted octanol–water partition coefficient (Wildman–Crippen LogP) is 0.891. The van der Waals surface area contributed by atoms with Crippen LogP contribution in [0.15, 0.2) is 29.1 Å². The van der Waals surface area contributed by atoms with Crippen molar-refractivity contribution in [3.63, 3.8) is 0 Å². The summed E-state index contributed by atoms with van der Waals surface area (Å²) in [5.41, 5.74) is 0.602. The smallest absolute Gasteiger partial charge is 0.274 e. The first-order chi connectivity index (χ1) is 11.1. The van der Waals surface area contributed by atoms with Crippen LogP contribution in [-0.2, 0) is 18.4 Å². The van der Waals surface area contributed by atoms with Crippen LogP contribution in [0, 0.1) is 5.92 Å². The number of fused-ring (bicyclic) bond motifs is 1. The predicted molar refractivity (Wildman–Crippen MR) is 89.1 cm³/mol. The van der Waals surface area contributed by atoms with Crippen molar-refractivity contribution >= 4 is 16.7 Å². The molecule has 0 radical (unpaired) electrons. The van der Waals surface area contributed by atoms with E-state index >= 15 is 0 Å². The van der Waals surface area contributed by atoms with Gasteiger partial charge in [-0.05, 0) is 32.5 Å². The third-order valence-electron chi connectivity index (χ3n) is 4.46. The number of aryl methyl sites for hydroxylation is 1. The third kappa shape index (κ3) is 3.27. The molecular formula is C17H22N4O2. The first kappa shape index (κ1) is 15.7. The van der Waals surface area contributed by atoms with Crippen LogP contribution in [0.2, 0.25) is 0 Å². The molecule has 1 unspecified atom stereocenters. The first-order valence-corrected chi connectivity index (χ1v) is 7.97. The molecule has 1 fully saturated rings. The molecule has 1 atom stereocenters. The lowest BCUT2D eigenvalue weighted by Crippen LogP contribution is -2.41. The van der Waals surface area contributed by atoms with Crippen molar-refractivity contribution < 1.29 is 4.79 Å². The van der Waals surface area contributed by atoms with Gasteiger partial charge in [0.15, 0.2) is 0 Å². The molecule has 1 aliphatic rings. The molecule has 1 saturated heterocycles. The van der Waals surface area contributed by atoms with E-state index in [0.717, 1.165) is 37.0 Å². The van der Waals surface area contributed by atoms with Crippen molar-refractivity contribution in [2.75, 3.05) is 20.1 Å². The normalized spacial score (nSPS) is 19.0. The lowest BCUT2D eigenvalue weighted by atomic mass is 9.97. The van der Waals surface area contributed by atoms with Gasteiger partial charge >= 0.3 is 0 Å². The Morgan fingerprint density at radius 1 is 1.30 bits per heavy atom. The Balaban J connectivity index is 1.78. The summed E-state index contributed by atoms with van der Waals surface area (Å²) < 4.78 is 1.33. The lowest BCUT2D eigenvalue weighted by Gasteiger charge is -2.28. The molecule has 1 amide bonds. The fourth-order valence-electron chi connectivity index (χ4n) is 3.20. The van der Waals surface area contributed by atoms with Gasteiger partial charge in [-0.1, -0.05) is 18.2 Å². The Morgan fingerprint density at radius 3 is 2.78 bits per heavy atom. The minimum atomic E-state index is -0.121. The van der Waals surface area contributed by atoms with Crippen molar-refractivity contribution in [1.82, 2.24) is 20.0 Å². The summed E-state index contributed by atoms with van der Waals surface area (Å²) in [4.78, 5) is 26.7. The number of benzene rings is 1. The van der Waals surface area contributed by atoms with Gasteiger partial charge in [-0.15, -0.1) is 0 Å². The SMILES string of the molecule is CN1CCCC(C(=O)NCc2nn(C)c(=O)c3ccccc23)C1. The second-order valence-corrected chi connectivity index (χ2v) is 6.24. The van der Waals surface area contributed by atoms with E-state index in [0.29, 0.717) is 11.9 Å². The number of nitrogens with zero attached hydrogens (tertiary/aromatic N) is 3. The summed E-state index contributed by atoms with van der Waals surface area (Å²) in [6, 6.07) is 7.38. The van der Waals surface area contributed by atoms with Gasteiger partial charge in [-0.3, -0.25) is 9.59 Å². The van der Waals surface area contributed by atoms with Crippen molar-refractivity contribution in [2.24, 2.45) is 13.0 Å². The fourth-order valence-corrected chi connectivity index (χ4v) is 3.20. The highest BCUT2D eigenvalue weighted by Crippen LogP contribution is 2.16. The van der Waals surface area contributed by atoms with Gasteiger partial charge in [-0.2, -0.15) is 5.10 Å². The number of hydrogen-bond acceptors (Lipinski definition) is 4. The van der Waals surface area contributed by atoms with Gasteiger partial charge in [0, 0.05) is 19.0 Å². The second-order valence-electron chi connectivity index (χ2n) is 6.24. The number of rotatable bonds is 3. The Morgan fingerprint density at radius 2 is 2.04 bits per heavy atom. The highest BCUT2D eigenvalue weighted by Gasteiger charge is 2.23. The lowest BCUT2D eigenvalue weighted by molar-refractivity contribution is -0.126. The number of likely N-dealkylation sites (tertiary alicyclic amines) is 1. The van der Waals surface area contributed by atoms with E-state index in [9.17, 15) is 9.59 Å². The minimum Gasteiger partial charge on any atom is -0.350 e. The molecule has 1 N–H and O–H groups in total. The summed E-state index contributed by atoms with van der Waals surface area (Å²) in [6.07, 6.45) is 1.98. The van der Waals surface area contributed by atoms with E-state index < -0.39 is 0 Å². The number of amides is 1. The zero-order chi connectivity index (χ0) is 16.4. The number of carbonyl (C=O) groups excluding carboxylic acids is 1. The van der Waals surface area contributed by atoms with Gasteiger partial charge in [0.2, 0.25) is 5.91 Å². The number of piperidine rings is 1. The summed E-state index contributed by atoms with van der Waals surface area (Å²) in [7, 11) is 3.68. The second kappa shape index (κ2) is 6.50. The first-order valence-electron chi connectivity index (χ1n) is 7.97. The summed E-state index contributed by atoms with van der Waals surface area (Å²) in [5.74, 6) is 0.101. The molecule has 1 aliphatic heterocycles. The standard InChI is InChI=1S/C17H22N4O2/c1-20-9-5-6-12(11-20)16(22)18-10-15-13-7-3-4-8-14(13)17(23)21(2)19-15/h3-4,7-8,12H,5-6,9-11H2,1-2H3,(H,18,22). The molecular weight excluding hydrogens is 292 g/mol. The van der Waals surface area contributed by atoms with Crippen LogP contribution in [-0.4, -0.2) is 40.7 Å². The van der Waals surface area contributed by atoms with E-state index in [1.807, 2.05) is 25.2 Å². The molecule has 122 valence electrons. The average Bonchev–Trinajstić information content (AvgIpc) is 2.56. The van der Waals surface area contributed by atoms with E-state index in [1.54, 1.807) is 13.1 Å². The summed E-state index contributed by atoms with van der Waals surface area (Å²) in [6.45, 7) is 2.19. The van der Waals surface area contributed by atoms with Crippen molar-refractivity contribution in [3.8, 4) is 0 Å². The zero-order valence-electron chi connectivity index (χ0n) is 13.6. The molecule has 0 bridgehead atoms. The Labute approximate surface area is 135 Å². The number of carbonyl (C=O) groups is 1. The van der Waals surface area contributed by atoms with Crippen LogP contribution in [0.25, 0.3) is 10.8 Å². The van der Waals surface area contributed by atoms with Gasteiger partial charge in [-0.25, -0.2) is 4.68 Å². The average molecular weight is 314 g/mol. The van der Waals surface area contributed by atoms with E-state index in [-0.39, 0.29) is 17.4 Å². The highest BCUT2D eigenvalue weighted by atomic mass is 16.2. The maximum Gasteiger partial charge on any atom is 0.274 e. The van der Waals surface area contributed by atoms with Gasteiger partial charge in [0.05, 0.1) is 23.5 Å². The highest BCUT2D eigenvalue weighted by molar-refractivity contribution is 5.84.